The number of anilines is 1. The lowest BCUT2D eigenvalue weighted by Gasteiger charge is -2.11. The van der Waals surface area contributed by atoms with Crippen LogP contribution in [0.5, 0.6) is 5.75 Å². The van der Waals surface area contributed by atoms with E-state index < -0.39 is 11.9 Å². The molecule has 0 spiro atoms. The topological polar surface area (TPSA) is 58.6 Å². The van der Waals surface area contributed by atoms with E-state index in [0.29, 0.717) is 22.3 Å². The van der Waals surface area contributed by atoms with Crippen LogP contribution in [0, 0.1) is 3.57 Å². The molecule has 1 aliphatic rings. The fourth-order valence-electron chi connectivity index (χ4n) is 3.02. The second-order valence-corrected chi connectivity index (χ2v) is 8.75. The Morgan fingerprint density at radius 3 is 2.45 bits per heavy atom. The molecule has 0 aliphatic carbocycles. The van der Waals surface area contributed by atoms with Crippen LogP contribution in [0.3, 0.4) is 0 Å². The SMILES string of the molecule is O=C1N/C(=C/c2ccc(OCc3ccc(Cl)cc3)c(I)c2)C(=O)N1c1cccc(Cl)c1. The van der Waals surface area contributed by atoms with Crippen molar-refractivity contribution >= 4 is 69.5 Å². The molecule has 4 rings (SSSR count). The van der Waals surface area contributed by atoms with Crippen LogP contribution in [0.1, 0.15) is 11.1 Å². The van der Waals surface area contributed by atoms with E-state index in [1.807, 2.05) is 42.5 Å². The number of nitrogens with zero attached hydrogens (tertiary/aromatic N) is 1. The Kier molecular flexibility index (Phi) is 6.50. The van der Waals surface area contributed by atoms with Crippen molar-refractivity contribution in [2.24, 2.45) is 0 Å². The zero-order valence-electron chi connectivity index (χ0n) is 15.9. The lowest BCUT2D eigenvalue weighted by molar-refractivity contribution is -0.113. The fraction of sp³-hybridized carbons (Fsp3) is 0.0435. The van der Waals surface area contributed by atoms with Gasteiger partial charge in [-0.25, -0.2) is 9.69 Å². The van der Waals surface area contributed by atoms with Crippen LogP contribution in [0.15, 0.2) is 72.4 Å². The van der Waals surface area contributed by atoms with Gasteiger partial charge in [-0.3, -0.25) is 4.79 Å². The minimum absolute atomic E-state index is 0.190. The molecule has 3 amide bonds. The summed E-state index contributed by atoms with van der Waals surface area (Å²) < 4.78 is 6.76. The maximum Gasteiger partial charge on any atom is 0.333 e. The van der Waals surface area contributed by atoms with E-state index in [9.17, 15) is 9.59 Å². The Bertz CT molecular complexity index is 1200. The van der Waals surface area contributed by atoms with Crippen LogP contribution in [0.25, 0.3) is 6.08 Å². The highest BCUT2D eigenvalue weighted by molar-refractivity contribution is 14.1. The molecule has 0 atom stereocenters. The first-order valence-corrected chi connectivity index (χ1v) is 11.0. The van der Waals surface area contributed by atoms with Crippen molar-refractivity contribution in [1.82, 2.24) is 5.32 Å². The lowest BCUT2D eigenvalue weighted by Crippen LogP contribution is -2.30. The van der Waals surface area contributed by atoms with Crippen molar-refractivity contribution < 1.29 is 14.3 Å². The minimum atomic E-state index is -0.517. The number of hydrogen-bond acceptors (Lipinski definition) is 3. The molecule has 1 N–H and O–H groups in total. The highest BCUT2D eigenvalue weighted by atomic mass is 127. The summed E-state index contributed by atoms with van der Waals surface area (Å²) in [4.78, 5) is 26.2. The summed E-state index contributed by atoms with van der Waals surface area (Å²) in [5, 5.41) is 3.74. The van der Waals surface area contributed by atoms with Crippen LogP contribution in [-0.2, 0) is 11.4 Å². The van der Waals surface area contributed by atoms with Gasteiger partial charge in [0.05, 0.1) is 9.26 Å². The molecular formula is C23H15Cl2IN2O3. The molecule has 0 unspecified atom stereocenters. The Hall–Kier alpha value is -2.55. The Morgan fingerprint density at radius 1 is 0.968 bits per heavy atom. The smallest absolute Gasteiger partial charge is 0.333 e. The number of halogens is 3. The minimum Gasteiger partial charge on any atom is -0.488 e. The highest BCUT2D eigenvalue weighted by Gasteiger charge is 2.34. The van der Waals surface area contributed by atoms with Gasteiger partial charge in [0.15, 0.2) is 0 Å². The summed E-state index contributed by atoms with van der Waals surface area (Å²) >= 11 is 14.1. The van der Waals surface area contributed by atoms with Gasteiger partial charge >= 0.3 is 6.03 Å². The number of amides is 3. The predicted octanol–water partition coefficient (Wildman–Crippen LogP) is 6.27. The average molecular weight is 565 g/mol. The molecule has 0 saturated carbocycles. The van der Waals surface area contributed by atoms with Gasteiger partial charge in [0.2, 0.25) is 0 Å². The number of nitrogens with one attached hydrogen (secondary N) is 1. The van der Waals surface area contributed by atoms with E-state index in [4.69, 9.17) is 27.9 Å². The Labute approximate surface area is 202 Å². The maximum absolute atomic E-state index is 12.8. The lowest BCUT2D eigenvalue weighted by atomic mass is 10.1. The summed E-state index contributed by atoms with van der Waals surface area (Å²) in [5.74, 6) is 0.283. The van der Waals surface area contributed by atoms with Crippen molar-refractivity contribution in [2.75, 3.05) is 4.90 Å². The van der Waals surface area contributed by atoms with Crippen molar-refractivity contribution in [3.8, 4) is 5.75 Å². The number of carbonyl (C=O) groups is 2. The second kappa shape index (κ2) is 9.30. The first-order valence-electron chi connectivity index (χ1n) is 9.20. The molecule has 8 heteroatoms. The van der Waals surface area contributed by atoms with Gasteiger partial charge in [-0.1, -0.05) is 47.5 Å². The molecule has 0 radical (unpaired) electrons. The molecule has 1 heterocycles. The zero-order chi connectivity index (χ0) is 22.0. The summed E-state index contributed by atoms with van der Waals surface area (Å²) in [6, 6.07) is 19.1. The van der Waals surface area contributed by atoms with E-state index in [1.165, 1.54) is 0 Å². The normalized spacial score (nSPS) is 14.8. The molecule has 1 saturated heterocycles. The number of rotatable bonds is 5. The molecule has 1 aliphatic heterocycles. The van der Waals surface area contributed by atoms with Crippen LogP contribution in [0.4, 0.5) is 10.5 Å². The quantitative estimate of drug-likeness (QED) is 0.225. The van der Waals surface area contributed by atoms with Gasteiger partial charge in [0.25, 0.3) is 5.91 Å². The molecule has 156 valence electrons. The van der Waals surface area contributed by atoms with Crippen molar-refractivity contribution in [1.29, 1.82) is 0 Å². The molecular weight excluding hydrogens is 550 g/mol. The summed E-state index contributed by atoms with van der Waals surface area (Å²) in [6.45, 7) is 0.413. The van der Waals surface area contributed by atoms with Gasteiger partial charge in [0, 0.05) is 10.0 Å². The van der Waals surface area contributed by atoms with Gasteiger partial charge in [-0.2, -0.15) is 0 Å². The molecule has 31 heavy (non-hydrogen) atoms. The van der Waals surface area contributed by atoms with Crippen molar-refractivity contribution in [2.45, 2.75) is 6.61 Å². The first kappa shape index (κ1) is 21.7. The summed E-state index contributed by atoms with van der Waals surface area (Å²) in [6.07, 6.45) is 1.63. The fourth-order valence-corrected chi connectivity index (χ4v) is 4.02. The van der Waals surface area contributed by atoms with Crippen molar-refractivity contribution in [3.63, 3.8) is 0 Å². The number of hydrogen-bond donors (Lipinski definition) is 1. The molecule has 1 fully saturated rings. The van der Waals surface area contributed by atoms with Crippen LogP contribution >= 0.6 is 45.8 Å². The maximum atomic E-state index is 12.8. The number of imide groups is 1. The molecule has 5 nitrogen and oxygen atoms in total. The third-order valence-electron chi connectivity index (χ3n) is 4.52. The average Bonchev–Trinajstić information content (AvgIpc) is 3.01. The summed E-state index contributed by atoms with van der Waals surface area (Å²) in [7, 11) is 0. The predicted molar refractivity (Wildman–Crippen MR) is 130 cm³/mol. The Balaban J connectivity index is 1.49. The van der Waals surface area contributed by atoms with Gasteiger partial charge in [-0.15, -0.1) is 0 Å². The zero-order valence-corrected chi connectivity index (χ0v) is 19.6. The molecule has 0 aromatic heterocycles. The van der Waals surface area contributed by atoms with E-state index in [0.717, 1.165) is 25.3 Å². The third-order valence-corrected chi connectivity index (χ3v) is 5.85. The molecule has 0 bridgehead atoms. The standard InChI is InChI=1S/C23H15Cl2IN2O3/c24-16-7-4-14(5-8-16)13-31-21-9-6-15(10-19(21)26)11-20-22(29)28(23(30)27-20)18-3-1-2-17(25)12-18/h1-12H,13H2,(H,27,30)/b20-11+. The second-order valence-electron chi connectivity index (χ2n) is 6.71. The number of benzene rings is 3. The van der Waals surface area contributed by atoms with Gasteiger partial charge in [0.1, 0.15) is 18.1 Å². The van der Waals surface area contributed by atoms with Crippen LogP contribution < -0.4 is 15.0 Å². The largest absolute Gasteiger partial charge is 0.488 e. The Morgan fingerprint density at radius 2 is 1.74 bits per heavy atom. The van der Waals surface area contributed by atoms with Gasteiger partial charge in [-0.05, 0) is 82.3 Å². The van der Waals surface area contributed by atoms with Crippen LogP contribution in [0.2, 0.25) is 10.0 Å². The third kappa shape index (κ3) is 5.03. The van der Waals surface area contributed by atoms with E-state index >= 15 is 0 Å². The summed E-state index contributed by atoms with van der Waals surface area (Å²) in [5.41, 5.74) is 2.38. The van der Waals surface area contributed by atoms with Crippen LogP contribution in [-0.4, -0.2) is 11.9 Å². The van der Waals surface area contributed by atoms with E-state index in [2.05, 4.69) is 27.9 Å². The number of carbonyl (C=O) groups excluding carboxylic acids is 2. The molecule has 3 aromatic carbocycles. The monoisotopic (exact) mass is 564 g/mol. The molecule has 3 aromatic rings. The first-order chi connectivity index (χ1) is 14.9. The van der Waals surface area contributed by atoms with Crippen molar-refractivity contribution in [3.05, 3.63) is 97.2 Å². The van der Waals surface area contributed by atoms with E-state index in [-0.39, 0.29) is 5.70 Å². The number of urea groups is 1. The van der Waals surface area contributed by atoms with Gasteiger partial charge < -0.3 is 10.1 Å². The highest BCUT2D eigenvalue weighted by Crippen LogP contribution is 2.27. The van der Waals surface area contributed by atoms with E-state index in [1.54, 1.807) is 30.3 Å². The number of ether oxygens (including phenoxy) is 1.